The highest BCUT2D eigenvalue weighted by Crippen LogP contribution is 2.28. The smallest absolute Gasteiger partial charge is 0.290 e. The highest BCUT2D eigenvalue weighted by Gasteiger charge is 2.25. The predicted octanol–water partition coefficient (Wildman–Crippen LogP) is 2.30. The number of hydrogen-bond acceptors (Lipinski definition) is 7. The van der Waals surface area contributed by atoms with Gasteiger partial charge in [0.25, 0.3) is 16.5 Å². The van der Waals surface area contributed by atoms with Gasteiger partial charge in [-0.05, 0) is 62.8 Å². The number of methoxy groups -OCH3 is 1. The van der Waals surface area contributed by atoms with E-state index >= 15 is 0 Å². The van der Waals surface area contributed by atoms with Crippen LogP contribution in [0.1, 0.15) is 12.0 Å². The van der Waals surface area contributed by atoms with Crippen molar-refractivity contribution in [2.24, 2.45) is 0 Å². The molecule has 0 aliphatic carbocycles. The first-order valence-electron chi connectivity index (χ1n) is 10.6. The molecule has 0 unspecified atom stereocenters. The molecule has 10 heteroatoms. The van der Waals surface area contributed by atoms with Crippen molar-refractivity contribution in [2.75, 3.05) is 45.7 Å². The molecule has 0 spiro atoms. The predicted molar refractivity (Wildman–Crippen MR) is 127 cm³/mol. The lowest BCUT2D eigenvalue weighted by molar-refractivity contribution is -0.122. The topological polar surface area (TPSA) is 105 Å². The number of ether oxygens (including phenoxy) is 1. The van der Waals surface area contributed by atoms with Crippen LogP contribution in [0.2, 0.25) is 0 Å². The van der Waals surface area contributed by atoms with Crippen molar-refractivity contribution in [1.29, 1.82) is 0 Å². The molecule has 178 valence electrons. The molecular weight excluding hydrogens is 444 g/mol. The summed E-state index contributed by atoms with van der Waals surface area (Å²) < 4.78 is 34.0. The van der Waals surface area contributed by atoms with Crippen molar-refractivity contribution >= 4 is 33.2 Å². The second kappa shape index (κ2) is 10.8. The van der Waals surface area contributed by atoms with E-state index in [0.29, 0.717) is 5.52 Å². The summed E-state index contributed by atoms with van der Waals surface area (Å²) in [4.78, 5) is 17.3. The van der Waals surface area contributed by atoms with E-state index in [-0.39, 0.29) is 17.5 Å². The SMILES string of the molecule is CO[C@H]1CCN(c2cccc(S(=O)(=O)n3cc(CCN(C)C)c4ncccc43)c2)C1.O=CO. The summed E-state index contributed by atoms with van der Waals surface area (Å²) in [5.41, 5.74) is 3.18. The van der Waals surface area contributed by atoms with Gasteiger partial charge in [0.2, 0.25) is 0 Å². The van der Waals surface area contributed by atoms with Crippen LogP contribution in [-0.4, -0.2) is 80.8 Å². The molecule has 1 aromatic carbocycles. The van der Waals surface area contributed by atoms with E-state index in [1.807, 2.05) is 26.2 Å². The van der Waals surface area contributed by atoms with Crippen LogP contribution >= 0.6 is 0 Å². The van der Waals surface area contributed by atoms with Gasteiger partial charge in [0.1, 0.15) is 0 Å². The fourth-order valence-electron chi connectivity index (χ4n) is 3.93. The number of benzene rings is 1. The number of carbonyl (C=O) groups is 1. The maximum atomic E-state index is 13.6. The molecule has 3 heterocycles. The zero-order valence-electron chi connectivity index (χ0n) is 19.1. The standard InChI is InChI=1S/C22H28N4O3S.CH2O2/c1-24(2)12-9-17-15-26(21-8-5-11-23-22(17)21)30(27,28)20-7-4-6-18(14-20)25-13-10-19(16-25)29-3;2-1-3/h4-8,11,14-15,19H,9-10,12-13,16H2,1-3H3;1H,(H,2,3)/t19-;/m0./s1. The molecule has 0 saturated carbocycles. The molecular formula is C23H30N4O5S. The van der Waals surface area contributed by atoms with Gasteiger partial charge in [-0.25, -0.2) is 12.4 Å². The lowest BCUT2D eigenvalue weighted by Gasteiger charge is -2.19. The van der Waals surface area contributed by atoms with E-state index in [1.54, 1.807) is 43.8 Å². The van der Waals surface area contributed by atoms with E-state index in [2.05, 4.69) is 14.8 Å². The Bertz CT molecular complexity index is 1190. The average molecular weight is 475 g/mol. The number of pyridine rings is 1. The minimum atomic E-state index is -3.75. The Morgan fingerprint density at radius 1 is 1.27 bits per heavy atom. The van der Waals surface area contributed by atoms with Crippen molar-refractivity contribution in [3.05, 3.63) is 54.4 Å². The molecule has 0 radical (unpaired) electrons. The fourth-order valence-corrected chi connectivity index (χ4v) is 5.35. The van der Waals surface area contributed by atoms with E-state index in [1.165, 1.54) is 3.97 Å². The maximum Gasteiger partial charge on any atom is 0.290 e. The van der Waals surface area contributed by atoms with E-state index < -0.39 is 10.0 Å². The lowest BCUT2D eigenvalue weighted by atomic mass is 10.2. The summed E-state index contributed by atoms with van der Waals surface area (Å²) in [5, 5.41) is 6.89. The van der Waals surface area contributed by atoms with Crippen LogP contribution in [0.5, 0.6) is 0 Å². The summed E-state index contributed by atoms with van der Waals surface area (Å²) in [6.07, 6.45) is 5.29. The minimum absolute atomic E-state index is 0.184. The van der Waals surface area contributed by atoms with Gasteiger partial charge < -0.3 is 19.6 Å². The number of hydrogen-bond donors (Lipinski definition) is 1. The van der Waals surface area contributed by atoms with Crippen LogP contribution in [0.3, 0.4) is 0 Å². The zero-order valence-corrected chi connectivity index (χ0v) is 19.9. The first-order valence-corrected chi connectivity index (χ1v) is 12.1. The monoisotopic (exact) mass is 474 g/mol. The maximum absolute atomic E-state index is 13.6. The number of carboxylic acid groups (broad SMARTS) is 1. The second-order valence-electron chi connectivity index (χ2n) is 8.07. The summed E-state index contributed by atoms with van der Waals surface area (Å²) in [6, 6.07) is 10.8. The molecule has 0 bridgehead atoms. The molecule has 1 aliphatic heterocycles. The van der Waals surface area contributed by atoms with Gasteiger partial charge >= 0.3 is 0 Å². The van der Waals surface area contributed by atoms with Crippen molar-refractivity contribution in [3.8, 4) is 0 Å². The molecule has 1 atom stereocenters. The molecule has 1 saturated heterocycles. The molecule has 9 nitrogen and oxygen atoms in total. The van der Waals surface area contributed by atoms with Crippen molar-refractivity contribution in [2.45, 2.75) is 23.8 Å². The Balaban J connectivity index is 0.000000968. The van der Waals surface area contributed by atoms with Crippen molar-refractivity contribution in [3.63, 3.8) is 0 Å². The Morgan fingerprint density at radius 3 is 2.70 bits per heavy atom. The van der Waals surface area contributed by atoms with Crippen LogP contribution in [0.4, 0.5) is 5.69 Å². The zero-order chi connectivity index (χ0) is 24.0. The van der Waals surface area contributed by atoms with Gasteiger partial charge in [0.15, 0.2) is 0 Å². The van der Waals surface area contributed by atoms with Crippen LogP contribution in [0, 0.1) is 0 Å². The molecule has 3 aromatic rings. The van der Waals surface area contributed by atoms with Crippen LogP contribution in [0.15, 0.2) is 53.7 Å². The molecule has 1 N–H and O–H groups in total. The number of fused-ring (bicyclic) bond motifs is 1. The van der Waals surface area contributed by atoms with Crippen LogP contribution in [-0.2, 0) is 26.0 Å². The summed E-state index contributed by atoms with van der Waals surface area (Å²) in [7, 11) is 1.97. The van der Waals surface area contributed by atoms with Gasteiger partial charge in [-0.1, -0.05) is 6.07 Å². The average Bonchev–Trinajstić information content (AvgIpc) is 3.44. The van der Waals surface area contributed by atoms with Crippen LogP contribution < -0.4 is 4.90 Å². The molecule has 1 aliphatic rings. The van der Waals surface area contributed by atoms with Gasteiger partial charge in [-0.2, -0.15) is 0 Å². The van der Waals surface area contributed by atoms with Gasteiger partial charge in [0, 0.05) is 44.8 Å². The number of nitrogens with zero attached hydrogens (tertiary/aromatic N) is 4. The third kappa shape index (κ3) is 5.52. The number of likely N-dealkylation sites (N-methyl/N-ethyl adjacent to an activating group) is 1. The highest BCUT2D eigenvalue weighted by molar-refractivity contribution is 7.90. The Morgan fingerprint density at radius 2 is 2.03 bits per heavy atom. The number of aromatic nitrogens is 2. The third-order valence-corrected chi connectivity index (χ3v) is 7.32. The van der Waals surface area contributed by atoms with Crippen molar-refractivity contribution < 1.29 is 23.1 Å². The molecule has 33 heavy (non-hydrogen) atoms. The quantitative estimate of drug-likeness (QED) is 0.520. The normalized spacial score (nSPS) is 16.1. The fraction of sp³-hybridized carbons (Fsp3) is 0.391. The van der Waals surface area contributed by atoms with Gasteiger partial charge in [-0.15, -0.1) is 0 Å². The van der Waals surface area contributed by atoms with Crippen LogP contribution in [0.25, 0.3) is 11.0 Å². The number of anilines is 1. The summed E-state index contributed by atoms with van der Waals surface area (Å²) in [5.74, 6) is 0. The summed E-state index contributed by atoms with van der Waals surface area (Å²) in [6.45, 7) is 2.19. The van der Waals surface area contributed by atoms with Crippen molar-refractivity contribution in [1.82, 2.24) is 13.9 Å². The van der Waals surface area contributed by atoms with E-state index in [4.69, 9.17) is 14.6 Å². The first-order chi connectivity index (χ1) is 15.8. The second-order valence-corrected chi connectivity index (χ2v) is 9.89. The molecule has 2 aromatic heterocycles. The number of rotatable bonds is 7. The largest absolute Gasteiger partial charge is 0.483 e. The van der Waals surface area contributed by atoms with Gasteiger partial charge in [0.05, 0.1) is 22.0 Å². The molecule has 4 rings (SSSR count). The summed E-state index contributed by atoms with van der Waals surface area (Å²) >= 11 is 0. The first kappa shape index (κ1) is 24.7. The Hall–Kier alpha value is -2.95. The van der Waals surface area contributed by atoms with Gasteiger partial charge in [-0.3, -0.25) is 9.78 Å². The minimum Gasteiger partial charge on any atom is -0.483 e. The Kier molecular flexibility index (Phi) is 8.06. The third-order valence-electron chi connectivity index (χ3n) is 5.65. The van der Waals surface area contributed by atoms with E-state index in [9.17, 15) is 8.42 Å². The van der Waals surface area contributed by atoms with E-state index in [0.717, 1.165) is 49.2 Å². The highest BCUT2D eigenvalue weighted by atomic mass is 32.2. The lowest BCUT2D eigenvalue weighted by Crippen LogP contribution is -2.22. The molecule has 1 fully saturated rings. The molecule has 0 amide bonds. The Labute approximate surface area is 194 Å².